The first-order valence-corrected chi connectivity index (χ1v) is 7.55. The highest BCUT2D eigenvalue weighted by atomic mass is 79.9. The van der Waals surface area contributed by atoms with Crippen LogP contribution in [0.3, 0.4) is 0 Å². The third kappa shape index (κ3) is 3.62. The average molecular weight is 343 g/mol. The Balaban J connectivity index is 2.19. The van der Waals surface area contributed by atoms with Crippen LogP contribution in [0.2, 0.25) is 5.02 Å². The van der Waals surface area contributed by atoms with Gasteiger partial charge >= 0.3 is 0 Å². The van der Waals surface area contributed by atoms with Gasteiger partial charge in [-0.05, 0) is 53.7 Å². The van der Waals surface area contributed by atoms with Gasteiger partial charge in [-0.1, -0.05) is 24.6 Å². The number of benzene rings is 1. The van der Waals surface area contributed by atoms with Gasteiger partial charge in [0.2, 0.25) is 0 Å². The van der Waals surface area contributed by atoms with Gasteiger partial charge in [-0.3, -0.25) is 0 Å². The molecule has 0 fully saturated rings. The minimum Gasteiger partial charge on any atom is -0.461 e. The molecule has 1 N–H and O–H groups in total. The Labute approximate surface area is 127 Å². The third-order valence-corrected chi connectivity index (χ3v) is 4.34. The van der Waals surface area contributed by atoms with E-state index in [1.54, 1.807) is 0 Å². The quantitative estimate of drug-likeness (QED) is 0.835. The molecule has 0 aliphatic carbocycles. The van der Waals surface area contributed by atoms with Crippen LogP contribution in [0.15, 0.2) is 39.2 Å². The van der Waals surface area contributed by atoms with E-state index < -0.39 is 0 Å². The second-order valence-electron chi connectivity index (χ2n) is 4.53. The van der Waals surface area contributed by atoms with Gasteiger partial charge in [0, 0.05) is 22.5 Å². The van der Waals surface area contributed by atoms with Gasteiger partial charge in [0.1, 0.15) is 11.5 Å². The molecule has 0 saturated heterocycles. The number of hydrogen-bond donors (Lipinski definition) is 1. The molecule has 1 aromatic carbocycles. The maximum absolute atomic E-state index is 6.10. The lowest BCUT2D eigenvalue weighted by atomic mass is 10.2. The van der Waals surface area contributed by atoms with Crippen LogP contribution >= 0.6 is 27.5 Å². The Morgan fingerprint density at radius 2 is 2.11 bits per heavy atom. The summed E-state index contributed by atoms with van der Waals surface area (Å²) in [6.45, 7) is 5.22. The lowest BCUT2D eigenvalue weighted by Crippen LogP contribution is -2.27. The molecular formula is C15H17BrClNO. The molecule has 1 heterocycles. The monoisotopic (exact) mass is 341 g/mol. The van der Waals surface area contributed by atoms with Crippen molar-refractivity contribution < 1.29 is 4.42 Å². The molecule has 0 aliphatic heterocycles. The normalized spacial score (nSPS) is 12.6. The highest BCUT2D eigenvalue weighted by molar-refractivity contribution is 9.10. The van der Waals surface area contributed by atoms with E-state index in [0.29, 0.717) is 11.1 Å². The summed E-state index contributed by atoms with van der Waals surface area (Å²) in [6.07, 6.45) is 0.881. The molecule has 2 aromatic rings. The Kier molecular flexibility index (Phi) is 5.08. The lowest BCUT2D eigenvalue weighted by Gasteiger charge is -2.09. The number of nitrogens with one attached hydrogen (secondary N) is 1. The first-order valence-electron chi connectivity index (χ1n) is 6.38. The molecule has 2 nitrogen and oxygen atoms in total. The van der Waals surface area contributed by atoms with Crippen LogP contribution in [-0.4, -0.2) is 12.6 Å². The SMILES string of the molecule is CCNC(C)Cc1ccc(-c2cccc(Cl)c2Br)o1. The minimum absolute atomic E-state index is 0.409. The molecule has 0 amide bonds. The number of rotatable bonds is 5. The maximum Gasteiger partial charge on any atom is 0.135 e. The van der Waals surface area contributed by atoms with Crippen LogP contribution in [0.4, 0.5) is 0 Å². The third-order valence-electron chi connectivity index (χ3n) is 2.94. The van der Waals surface area contributed by atoms with E-state index >= 15 is 0 Å². The van der Waals surface area contributed by atoms with Crippen molar-refractivity contribution in [3.05, 3.63) is 45.6 Å². The predicted molar refractivity (Wildman–Crippen MR) is 83.7 cm³/mol. The number of furan rings is 1. The van der Waals surface area contributed by atoms with Crippen molar-refractivity contribution in [3.63, 3.8) is 0 Å². The van der Waals surface area contributed by atoms with Crippen molar-refractivity contribution in [3.8, 4) is 11.3 Å². The van der Waals surface area contributed by atoms with E-state index in [2.05, 4.69) is 35.1 Å². The molecule has 19 heavy (non-hydrogen) atoms. The van der Waals surface area contributed by atoms with E-state index in [1.165, 1.54) is 0 Å². The fourth-order valence-electron chi connectivity index (χ4n) is 2.05. The van der Waals surface area contributed by atoms with Crippen molar-refractivity contribution in [2.24, 2.45) is 0 Å². The van der Waals surface area contributed by atoms with E-state index in [-0.39, 0.29) is 0 Å². The molecule has 4 heteroatoms. The summed E-state index contributed by atoms with van der Waals surface area (Å²) in [4.78, 5) is 0. The van der Waals surface area contributed by atoms with Gasteiger partial charge in [0.05, 0.1) is 5.02 Å². The Bertz CT molecular complexity index is 553. The summed E-state index contributed by atoms with van der Waals surface area (Å²) in [5.74, 6) is 1.82. The summed E-state index contributed by atoms with van der Waals surface area (Å²) in [6, 6.07) is 10.2. The number of hydrogen-bond acceptors (Lipinski definition) is 2. The Morgan fingerprint density at radius 1 is 1.32 bits per heavy atom. The fourth-order valence-corrected chi connectivity index (χ4v) is 2.68. The van der Waals surface area contributed by atoms with Gasteiger partial charge < -0.3 is 9.73 Å². The zero-order valence-electron chi connectivity index (χ0n) is 11.0. The molecule has 2 rings (SSSR count). The number of likely N-dealkylation sites (N-methyl/N-ethyl adjacent to an activating group) is 1. The molecule has 0 aliphatic rings. The van der Waals surface area contributed by atoms with Crippen molar-refractivity contribution >= 4 is 27.5 Å². The molecule has 1 atom stereocenters. The van der Waals surface area contributed by atoms with Crippen LogP contribution in [0.1, 0.15) is 19.6 Å². The lowest BCUT2D eigenvalue weighted by molar-refractivity contribution is 0.470. The predicted octanol–water partition coefficient (Wildman–Crippen LogP) is 4.90. The second kappa shape index (κ2) is 6.60. The highest BCUT2D eigenvalue weighted by Gasteiger charge is 2.11. The molecule has 0 radical (unpaired) electrons. The van der Waals surface area contributed by atoms with E-state index in [1.807, 2.05) is 30.3 Å². The molecule has 1 aromatic heterocycles. The average Bonchev–Trinajstić information content (AvgIpc) is 2.81. The first-order chi connectivity index (χ1) is 9.11. The summed E-state index contributed by atoms with van der Waals surface area (Å²) in [5.41, 5.74) is 0.981. The minimum atomic E-state index is 0.409. The van der Waals surface area contributed by atoms with E-state index in [4.69, 9.17) is 16.0 Å². The zero-order chi connectivity index (χ0) is 13.8. The molecule has 102 valence electrons. The van der Waals surface area contributed by atoms with Crippen molar-refractivity contribution in [1.82, 2.24) is 5.32 Å². The smallest absolute Gasteiger partial charge is 0.135 e. The topological polar surface area (TPSA) is 25.2 Å². The first kappa shape index (κ1) is 14.6. The Morgan fingerprint density at radius 3 is 2.84 bits per heavy atom. The van der Waals surface area contributed by atoms with Crippen molar-refractivity contribution in [2.75, 3.05) is 6.54 Å². The van der Waals surface area contributed by atoms with Crippen molar-refractivity contribution in [2.45, 2.75) is 26.3 Å². The second-order valence-corrected chi connectivity index (χ2v) is 5.73. The van der Waals surface area contributed by atoms with Crippen molar-refractivity contribution in [1.29, 1.82) is 0 Å². The summed E-state index contributed by atoms with van der Waals surface area (Å²) in [5, 5.41) is 4.06. The molecule has 0 saturated carbocycles. The van der Waals surface area contributed by atoms with Crippen LogP contribution in [0.25, 0.3) is 11.3 Å². The van der Waals surface area contributed by atoms with Gasteiger partial charge in [-0.25, -0.2) is 0 Å². The van der Waals surface area contributed by atoms with Crippen LogP contribution in [0, 0.1) is 0 Å². The summed E-state index contributed by atoms with van der Waals surface area (Å²) >= 11 is 9.60. The van der Waals surface area contributed by atoms with Gasteiger partial charge in [0.25, 0.3) is 0 Å². The summed E-state index contributed by atoms with van der Waals surface area (Å²) in [7, 11) is 0. The van der Waals surface area contributed by atoms with E-state index in [0.717, 1.165) is 34.5 Å². The van der Waals surface area contributed by atoms with Crippen LogP contribution in [-0.2, 0) is 6.42 Å². The molecule has 0 spiro atoms. The fraction of sp³-hybridized carbons (Fsp3) is 0.333. The summed E-state index contributed by atoms with van der Waals surface area (Å²) < 4.78 is 6.77. The van der Waals surface area contributed by atoms with Gasteiger partial charge in [-0.2, -0.15) is 0 Å². The molecule has 1 unspecified atom stereocenters. The Hall–Kier alpha value is -0.770. The van der Waals surface area contributed by atoms with Crippen LogP contribution < -0.4 is 5.32 Å². The standard InChI is InChI=1S/C15H17BrClNO/c1-3-18-10(2)9-11-7-8-14(19-11)12-5-4-6-13(17)15(12)16/h4-8,10,18H,3,9H2,1-2H3. The molecule has 0 bridgehead atoms. The molecular weight excluding hydrogens is 326 g/mol. The van der Waals surface area contributed by atoms with Gasteiger partial charge in [0.15, 0.2) is 0 Å². The van der Waals surface area contributed by atoms with E-state index in [9.17, 15) is 0 Å². The number of halogens is 2. The van der Waals surface area contributed by atoms with Gasteiger partial charge in [-0.15, -0.1) is 0 Å². The van der Waals surface area contributed by atoms with Crippen LogP contribution in [0.5, 0.6) is 0 Å². The largest absolute Gasteiger partial charge is 0.461 e. The highest BCUT2D eigenvalue weighted by Crippen LogP contribution is 2.34. The zero-order valence-corrected chi connectivity index (χ0v) is 13.4. The maximum atomic E-state index is 6.10.